The second kappa shape index (κ2) is 6.79. The van der Waals surface area contributed by atoms with E-state index in [2.05, 4.69) is 10.2 Å². The van der Waals surface area contributed by atoms with Gasteiger partial charge in [-0.05, 0) is 55.5 Å². The van der Waals surface area contributed by atoms with Gasteiger partial charge in [0.1, 0.15) is 5.54 Å². The van der Waals surface area contributed by atoms with Crippen molar-refractivity contribution in [2.24, 2.45) is 0 Å². The van der Waals surface area contributed by atoms with Crippen molar-refractivity contribution in [1.29, 1.82) is 0 Å². The monoisotopic (exact) mass is 390 g/mol. The van der Waals surface area contributed by atoms with Crippen molar-refractivity contribution < 1.29 is 9.59 Å². The van der Waals surface area contributed by atoms with Crippen LogP contribution < -0.4 is 20.9 Å². The van der Waals surface area contributed by atoms with E-state index in [1.54, 1.807) is 4.90 Å². The van der Waals surface area contributed by atoms with E-state index < -0.39 is 5.54 Å². The maximum absolute atomic E-state index is 13.7. The Labute approximate surface area is 170 Å². The first-order chi connectivity index (χ1) is 14.1. The summed E-state index contributed by atoms with van der Waals surface area (Å²) < 4.78 is 0. The Hall–Kier alpha value is -3.02. The predicted molar refractivity (Wildman–Crippen MR) is 115 cm³/mol. The molecule has 2 aliphatic heterocycles. The molecule has 2 aromatic carbocycles. The number of hydrogen-bond acceptors (Lipinski definition) is 4. The first kappa shape index (κ1) is 18.0. The molecule has 0 radical (unpaired) electrons. The maximum Gasteiger partial charge on any atom is 0.250 e. The number of rotatable bonds is 2. The molecular weight excluding hydrogens is 364 g/mol. The van der Waals surface area contributed by atoms with Crippen LogP contribution in [0.4, 0.5) is 22.7 Å². The van der Waals surface area contributed by atoms with Crippen LogP contribution in [0.2, 0.25) is 0 Å². The second-order valence-electron chi connectivity index (χ2n) is 8.31. The fourth-order valence-electron chi connectivity index (χ4n) is 5.25. The molecule has 3 N–H and O–H groups in total. The summed E-state index contributed by atoms with van der Waals surface area (Å²) in [5.41, 5.74) is 9.89. The number of carbonyl (C=O) groups excluding carboxylic acids is 2. The molecule has 150 valence electrons. The van der Waals surface area contributed by atoms with E-state index in [0.29, 0.717) is 18.5 Å². The molecule has 1 saturated carbocycles. The van der Waals surface area contributed by atoms with Crippen molar-refractivity contribution in [3.05, 3.63) is 48.0 Å². The summed E-state index contributed by atoms with van der Waals surface area (Å²) in [6.45, 7) is 1.07. The highest BCUT2D eigenvalue weighted by Crippen LogP contribution is 2.45. The molecule has 0 unspecified atom stereocenters. The van der Waals surface area contributed by atoms with E-state index in [9.17, 15) is 9.59 Å². The van der Waals surface area contributed by atoms with Gasteiger partial charge in [0.25, 0.3) is 5.91 Å². The number of amides is 2. The highest BCUT2D eigenvalue weighted by Gasteiger charge is 2.52. The average Bonchev–Trinajstić information content (AvgIpc) is 3.20. The highest BCUT2D eigenvalue weighted by atomic mass is 16.2. The van der Waals surface area contributed by atoms with Crippen molar-refractivity contribution in [3.63, 3.8) is 0 Å². The van der Waals surface area contributed by atoms with Crippen LogP contribution in [0.25, 0.3) is 0 Å². The number of nitrogens with zero attached hydrogens (tertiary/aromatic N) is 2. The Kier molecular flexibility index (Phi) is 4.23. The van der Waals surface area contributed by atoms with Crippen LogP contribution in [0.15, 0.2) is 42.5 Å². The van der Waals surface area contributed by atoms with Gasteiger partial charge in [-0.25, -0.2) is 0 Å². The number of anilines is 4. The summed E-state index contributed by atoms with van der Waals surface area (Å²) in [6, 6.07) is 13.5. The lowest BCUT2D eigenvalue weighted by Gasteiger charge is -2.45. The molecule has 2 amide bonds. The van der Waals surface area contributed by atoms with Crippen molar-refractivity contribution >= 4 is 34.6 Å². The summed E-state index contributed by atoms with van der Waals surface area (Å²) in [5, 5.41) is 3.04. The minimum atomic E-state index is -0.764. The van der Waals surface area contributed by atoms with E-state index in [1.165, 1.54) is 0 Å². The predicted octanol–water partition coefficient (Wildman–Crippen LogP) is 3.32. The number of para-hydroxylation sites is 2. The van der Waals surface area contributed by atoms with E-state index >= 15 is 0 Å². The van der Waals surface area contributed by atoms with Gasteiger partial charge in [-0.3, -0.25) is 14.5 Å². The Morgan fingerprint density at radius 1 is 1.03 bits per heavy atom. The maximum atomic E-state index is 13.7. The first-order valence-corrected chi connectivity index (χ1v) is 10.5. The van der Waals surface area contributed by atoms with Crippen molar-refractivity contribution in [1.82, 2.24) is 0 Å². The summed E-state index contributed by atoms with van der Waals surface area (Å²) in [4.78, 5) is 30.7. The molecule has 6 nitrogen and oxygen atoms in total. The zero-order valence-electron chi connectivity index (χ0n) is 16.5. The number of nitrogens with one attached hydrogen (secondary N) is 1. The van der Waals surface area contributed by atoms with E-state index in [4.69, 9.17) is 5.73 Å². The number of benzene rings is 2. The zero-order chi connectivity index (χ0) is 20.0. The first-order valence-electron chi connectivity index (χ1n) is 10.5. The largest absolute Gasteiger partial charge is 0.398 e. The van der Waals surface area contributed by atoms with Crippen LogP contribution >= 0.6 is 0 Å². The third kappa shape index (κ3) is 2.77. The second-order valence-corrected chi connectivity index (χ2v) is 8.31. The van der Waals surface area contributed by atoms with Crippen LogP contribution in [0.3, 0.4) is 0 Å². The molecule has 0 saturated heterocycles. The average molecular weight is 390 g/mol. The lowest BCUT2D eigenvalue weighted by Crippen LogP contribution is -2.62. The van der Waals surface area contributed by atoms with E-state index in [-0.39, 0.29) is 18.4 Å². The topological polar surface area (TPSA) is 78.7 Å². The number of nitrogen functional groups attached to an aromatic ring is 1. The summed E-state index contributed by atoms with van der Waals surface area (Å²) in [7, 11) is 0. The minimum Gasteiger partial charge on any atom is -0.398 e. The van der Waals surface area contributed by atoms with E-state index in [1.807, 2.05) is 42.5 Å². The molecule has 3 aliphatic rings. The molecule has 0 aromatic heterocycles. The van der Waals surface area contributed by atoms with Gasteiger partial charge in [0.15, 0.2) is 0 Å². The summed E-state index contributed by atoms with van der Waals surface area (Å²) in [6.07, 6.45) is 5.25. The quantitative estimate of drug-likeness (QED) is 0.771. The van der Waals surface area contributed by atoms with Crippen LogP contribution in [-0.2, 0) is 16.0 Å². The van der Waals surface area contributed by atoms with E-state index in [0.717, 1.165) is 54.9 Å². The Balaban J connectivity index is 1.52. The molecule has 0 atom stereocenters. The van der Waals surface area contributed by atoms with Gasteiger partial charge in [-0.1, -0.05) is 31.0 Å². The Bertz CT molecular complexity index is 981. The van der Waals surface area contributed by atoms with Crippen molar-refractivity contribution in [2.45, 2.75) is 44.1 Å². The SMILES string of the molecule is Nc1cccc2c1CCCN2CC(=O)N1c2ccccc2NC(=O)C12CCCC2. The van der Waals surface area contributed by atoms with Gasteiger partial charge in [0.2, 0.25) is 5.91 Å². The number of nitrogens with two attached hydrogens (primary N) is 1. The fourth-order valence-corrected chi connectivity index (χ4v) is 5.25. The highest BCUT2D eigenvalue weighted by molar-refractivity contribution is 6.15. The Morgan fingerprint density at radius 3 is 2.62 bits per heavy atom. The number of carbonyl (C=O) groups is 2. The molecule has 29 heavy (non-hydrogen) atoms. The minimum absolute atomic E-state index is 0.0236. The Morgan fingerprint density at radius 2 is 1.79 bits per heavy atom. The van der Waals surface area contributed by atoms with Gasteiger partial charge in [-0.2, -0.15) is 0 Å². The summed E-state index contributed by atoms with van der Waals surface area (Å²) >= 11 is 0. The lowest BCUT2D eigenvalue weighted by molar-refractivity contribution is -0.126. The van der Waals surface area contributed by atoms with Gasteiger partial charge < -0.3 is 16.0 Å². The smallest absolute Gasteiger partial charge is 0.250 e. The third-order valence-electron chi connectivity index (χ3n) is 6.63. The van der Waals surface area contributed by atoms with Crippen LogP contribution in [0.5, 0.6) is 0 Å². The third-order valence-corrected chi connectivity index (χ3v) is 6.63. The molecule has 2 heterocycles. The standard InChI is InChI=1S/C23H26N4O2/c24-17-8-5-11-19-16(17)7-6-14-26(19)15-21(28)27-20-10-2-1-9-18(20)25-22(29)23(27)12-3-4-13-23/h1-2,5,8-11H,3-4,6-7,12-15,24H2,(H,25,29). The van der Waals surface area contributed by atoms with Gasteiger partial charge >= 0.3 is 0 Å². The van der Waals surface area contributed by atoms with Crippen LogP contribution in [0, 0.1) is 0 Å². The van der Waals surface area contributed by atoms with Gasteiger partial charge in [-0.15, -0.1) is 0 Å². The van der Waals surface area contributed by atoms with Crippen LogP contribution in [-0.4, -0.2) is 30.4 Å². The molecule has 0 bridgehead atoms. The lowest BCUT2D eigenvalue weighted by atomic mass is 9.89. The number of hydrogen-bond donors (Lipinski definition) is 2. The molecule has 5 rings (SSSR count). The summed E-state index contributed by atoms with van der Waals surface area (Å²) in [5.74, 6) is -0.0742. The van der Waals surface area contributed by atoms with Gasteiger partial charge in [0, 0.05) is 17.9 Å². The van der Waals surface area contributed by atoms with Crippen LogP contribution in [0.1, 0.15) is 37.7 Å². The fraction of sp³-hybridized carbons (Fsp3) is 0.391. The molecule has 1 fully saturated rings. The molecule has 1 spiro atoms. The molecule has 6 heteroatoms. The van der Waals surface area contributed by atoms with Gasteiger partial charge in [0.05, 0.1) is 17.9 Å². The number of fused-ring (bicyclic) bond motifs is 2. The molecule has 2 aromatic rings. The normalized spacial score (nSPS) is 19.7. The van der Waals surface area contributed by atoms with Crippen molar-refractivity contribution in [2.75, 3.05) is 33.9 Å². The zero-order valence-corrected chi connectivity index (χ0v) is 16.5. The molecule has 1 aliphatic carbocycles. The molecular formula is C23H26N4O2. The van der Waals surface area contributed by atoms with Crippen molar-refractivity contribution in [3.8, 4) is 0 Å².